The van der Waals surface area contributed by atoms with Gasteiger partial charge in [-0.05, 0) is 26.1 Å². The summed E-state index contributed by atoms with van der Waals surface area (Å²) in [5.41, 5.74) is 5.38. The van der Waals surface area contributed by atoms with Crippen LogP contribution in [0.3, 0.4) is 0 Å². The second kappa shape index (κ2) is 6.35. The molecule has 2 heterocycles. The number of nitrogens with two attached hydrogens (primary N) is 1. The molecule has 2 N–H and O–H groups in total. The molecule has 1 fully saturated rings. The fourth-order valence-electron chi connectivity index (χ4n) is 2.28. The van der Waals surface area contributed by atoms with Gasteiger partial charge in [0.15, 0.2) is 0 Å². The first kappa shape index (κ1) is 13.6. The highest BCUT2D eigenvalue weighted by atomic mass is 32.1. The van der Waals surface area contributed by atoms with Gasteiger partial charge in [-0.25, -0.2) is 0 Å². The summed E-state index contributed by atoms with van der Waals surface area (Å²) in [5, 5.41) is 0. The molecule has 0 amide bonds. The Balaban J connectivity index is 1.95. The lowest BCUT2D eigenvalue weighted by Gasteiger charge is -2.37. The summed E-state index contributed by atoms with van der Waals surface area (Å²) in [6.45, 7) is 7.26. The number of piperazine rings is 1. The van der Waals surface area contributed by atoms with Crippen LogP contribution in [0.1, 0.15) is 16.7 Å². The molecular formula is C14H21N3S. The van der Waals surface area contributed by atoms with E-state index in [2.05, 4.69) is 47.7 Å². The van der Waals surface area contributed by atoms with E-state index in [9.17, 15) is 0 Å². The molecule has 3 nitrogen and oxygen atoms in total. The number of nitrogens with zero attached hydrogens (tertiary/aromatic N) is 2. The van der Waals surface area contributed by atoms with E-state index in [0.717, 1.165) is 31.1 Å². The van der Waals surface area contributed by atoms with Gasteiger partial charge >= 0.3 is 0 Å². The van der Waals surface area contributed by atoms with Gasteiger partial charge in [0.05, 0.1) is 11.4 Å². The van der Waals surface area contributed by atoms with Gasteiger partial charge in [-0.15, -0.1) is 11.3 Å². The van der Waals surface area contributed by atoms with Crippen molar-refractivity contribution >= 4 is 11.3 Å². The maximum absolute atomic E-state index is 5.38. The monoisotopic (exact) mass is 263 g/mol. The molecule has 1 aromatic rings. The Morgan fingerprint density at radius 1 is 1.44 bits per heavy atom. The molecule has 0 spiro atoms. The van der Waals surface area contributed by atoms with E-state index in [-0.39, 0.29) is 0 Å². The van der Waals surface area contributed by atoms with Crippen molar-refractivity contribution < 1.29 is 0 Å². The Morgan fingerprint density at radius 2 is 2.28 bits per heavy atom. The summed E-state index contributed by atoms with van der Waals surface area (Å²) in [6, 6.07) is 4.92. The lowest BCUT2D eigenvalue weighted by Crippen LogP contribution is -2.49. The van der Waals surface area contributed by atoms with Crippen molar-refractivity contribution in [1.29, 1.82) is 0 Å². The van der Waals surface area contributed by atoms with Gasteiger partial charge in [0.1, 0.15) is 0 Å². The highest BCUT2D eigenvalue weighted by Gasteiger charge is 2.21. The fraction of sp³-hybridized carbons (Fsp3) is 0.571. The Hall–Kier alpha value is -0.860. The minimum atomic E-state index is 0.433. The number of thiophene rings is 1. The molecule has 98 valence electrons. The SMILES string of the molecule is CC1CN(C)CCN1Cc1ccc(C#CCN)s1. The normalized spacial score (nSPS) is 21.6. The summed E-state index contributed by atoms with van der Waals surface area (Å²) in [6.07, 6.45) is 0. The van der Waals surface area contributed by atoms with Crippen LogP contribution in [0.25, 0.3) is 0 Å². The molecule has 2 rings (SSSR count). The molecule has 1 aliphatic heterocycles. The van der Waals surface area contributed by atoms with E-state index in [1.165, 1.54) is 4.88 Å². The van der Waals surface area contributed by atoms with E-state index < -0.39 is 0 Å². The second-order valence-electron chi connectivity index (χ2n) is 4.85. The van der Waals surface area contributed by atoms with Crippen molar-refractivity contribution in [2.75, 3.05) is 33.2 Å². The molecule has 1 aromatic heterocycles. The lowest BCUT2D eigenvalue weighted by atomic mass is 10.2. The molecule has 0 radical (unpaired) electrons. The van der Waals surface area contributed by atoms with Gasteiger partial charge in [-0.3, -0.25) is 4.90 Å². The third-order valence-electron chi connectivity index (χ3n) is 3.30. The summed E-state index contributed by atoms with van der Waals surface area (Å²) in [5.74, 6) is 6.00. The second-order valence-corrected chi connectivity index (χ2v) is 6.02. The summed E-state index contributed by atoms with van der Waals surface area (Å²) < 4.78 is 0. The van der Waals surface area contributed by atoms with E-state index in [1.54, 1.807) is 11.3 Å². The summed E-state index contributed by atoms with van der Waals surface area (Å²) in [7, 11) is 2.19. The molecule has 1 unspecified atom stereocenters. The van der Waals surface area contributed by atoms with E-state index in [4.69, 9.17) is 5.73 Å². The van der Waals surface area contributed by atoms with Crippen LogP contribution in [0.2, 0.25) is 0 Å². The first-order chi connectivity index (χ1) is 8.69. The number of hydrogen-bond acceptors (Lipinski definition) is 4. The van der Waals surface area contributed by atoms with E-state index >= 15 is 0 Å². The van der Waals surface area contributed by atoms with Gasteiger partial charge < -0.3 is 10.6 Å². The Kier molecular flexibility index (Phi) is 4.79. The zero-order chi connectivity index (χ0) is 13.0. The molecule has 0 aromatic carbocycles. The molecule has 0 aliphatic carbocycles. The zero-order valence-electron chi connectivity index (χ0n) is 11.1. The number of rotatable bonds is 2. The topological polar surface area (TPSA) is 32.5 Å². The lowest BCUT2D eigenvalue weighted by molar-refractivity contribution is 0.0947. The Bertz CT molecular complexity index is 443. The average Bonchev–Trinajstić information content (AvgIpc) is 2.78. The van der Waals surface area contributed by atoms with Gasteiger partial charge in [0.25, 0.3) is 0 Å². The van der Waals surface area contributed by atoms with Crippen LogP contribution >= 0.6 is 11.3 Å². The minimum absolute atomic E-state index is 0.433. The van der Waals surface area contributed by atoms with Gasteiger partial charge in [-0.1, -0.05) is 11.8 Å². The van der Waals surface area contributed by atoms with Crippen LogP contribution in [0.15, 0.2) is 12.1 Å². The highest BCUT2D eigenvalue weighted by Crippen LogP contribution is 2.20. The van der Waals surface area contributed by atoms with Gasteiger partial charge in [0, 0.05) is 37.1 Å². The van der Waals surface area contributed by atoms with E-state index in [0.29, 0.717) is 12.6 Å². The predicted molar refractivity (Wildman–Crippen MR) is 77.6 cm³/mol. The van der Waals surface area contributed by atoms with Crippen LogP contribution < -0.4 is 5.73 Å². The van der Waals surface area contributed by atoms with Crippen molar-refractivity contribution in [2.24, 2.45) is 5.73 Å². The molecular weight excluding hydrogens is 242 g/mol. The summed E-state index contributed by atoms with van der Waals surface area (Å²) >= 11 is 1.78. The predicted octanol–water partition coefficient (Wildman–Crippen LogP) is 1.19. The third-order valence-corrected chi connectivity index (χ3v) is 4.29. The van der Waals surface area contributed by atoms with Crippen molar-refractivity contribution in [3.8, 4) is 11.8 Å². The van der Waals surface area contributed by atoms with Crippen molar-refractivity contribution in [2.45, 2.75) is 19.5 Å². The van der Waals surface area contributed by atoms with Crippen molar-refractivity contribution in [3.05, 3.63) is 21.9 Å². The first-order valence-electron chi connectivity index (χ1n) is 6.39. The largest absolute Gasteiger partial charge is 0.320 e. The van der Waals surface area contributed by atoms with Crippen LogP contribution in [0, 0.1) is 11.8 Å². The van der Waals surface area contributed by atoms with Crippen LogP contribution in [-0.4, -0.2) is 49.1 Å². The highest BCUT2D eigenvalue weighted by molar-refractivity contribution is 7.12. The average molecular weight is 263 g/mol. The molecule has 4 heteroatoms. The first-order valence-corrected chi connectivity index (χ1v) is 7.21. The van der Waals surface area contributed by atoms with Gasteiger partial charge in [-0.2, -0.15) is 0 Å². The number of likely N-dealkylation sites (N-methyl/N-ethyl adjacent to an activating group) is 1. The van der Waals surface area contributed by atoms with Crippen molar-refractivity contribution in [1.82, 2.24) is 9.80 Å². The molecule has 0 saturated carbocycles. The Labute approximate surface area is 114 Å². The van der Waals surface area contributed by atoms with Crippen LogP contribution in [0.5, 0.6) is 0 Å². The minimum Gasteiger partial charge on any atom is -0.320 e. The third kappa shape index (κ3) is 3.56. The van der Waals surface area contributed by atoms with Crippen LogP contribution in [-0.2, 0) is 6.54 Å². The number of hydrogen-bond donors (Lipinski definition) is 1. The standard InChI is InChI=1S/C14H21N3S/c1-12-10-16(2)8-9-17(12)11-14-6-5-13(18-14)4-3-7-15/h5-6,12H,7-11,15H2,1-2H3. The van der Waals surface area contributed by atoms with E-state index in [1.807, 2.05) is 0 Å². The Morgan fingerprint density at radius 3 is 3.00 bits per heavy atom. The van der Waals surface area contributed by atoms with Crippen LogP contribution in [0.4, 0.5) is 0 Å². The molecule has 18 heavy (non-hydrogen) atoms. The van der Waals surface area contributed by atoms with Crippen molar-refractivity contribution in [3.63, 3.8) is 0 Å². The maximum atomic E-state index is 5.38. The molecule has 1 atom stereocenters. The summed E-state index contributed by atoms with van der Waals surface area (Å²) in [4.78, 5) is 7.46. The quantitative estimate of drug-likeness (QED) is 0.814. The molecule has 1 saturated heterocycles. The fourth-order valence-corrected chi connectivity index (χ4v) is 3.19. The molecule has 0 bridgehead atoms. The van der Waals surface area contributed by atoms with Gasteiger partial charge in [0.2, 0.25) is 0 Å². The smallest absolute Gasteiger partial charge is 0.0772 e. The molecule has 1 aliphatic rings. The maximum Gasteiger partial charge on any atom is 0.0772 e. The zero-order valence-corrected chi connectivity index (χ0v) is 12.0.